The monoisotopic (exact) mass is 307 g/mol. The highest BCUT2D eigenvalue weighted by Gasteiger charge is 2.33. The third-order valence-corrected chi connectivity index (χ3v) is 3.66. The van der Waals surface area contributed by atoms with Gasteiger partial charge in [0.25, 0.3) is 0 Å². The van der Waals surface area contributed by atoms with E-state index in [1.807, 2.05) is 0 Å². The number of halogens is 4. The Morgan fingerprint density at radius 2 is 2.15 bits per heavy atom. The molecule has 0 aromatic heterocycles. The molecule has 1 aliphatic rings. The molecule has 2 nitrogen and oxygen atoms in total. The molecular formula is C14H17ClF3NO. The maximum atomic E-state index is 12.7. The van der Waals surface area contributed by atoms with Crippen LogP contribution in [-0.4, -0.2) is 19.3 Å². The molecule has 1 heterocycles. The molecule has 0 amide bonds. The number of hydrogen-bond acceptors (Lipinski definition) is 2. The molecule has 1 aromatic rings. The topological polar surface area (TPSA) is 21.3 Å². The largest absolute Gasteiger partial charge is 0.417 e. The lowest BCUT2D eigenvalue weighted by Crippen LogP contribution is -2.10. The molecule has 112 valence electrons. The van der Waals surface area contributed by atoms with E-state index in [-0.39, 0.29) is 5.02 Å². The molecule has 0 saturated carbocycles. The van der Waals surface area contributed by atoms with Crippen LogP contribution in [0, 0.1) is 0 Å². The summed E-state index contributed by atoms with van der Waals surface area (Å²) in [5.74, 6) is 0. The molecule has 6 heteroatoms. The number of alkyl halides is 3. The highest BCUT2D eigenvalue weighted by atomic mass is 35.5. The molecule has 0 radical (unpaired) electrons. The van der Waals surface area contributed by atoms with E-state index in [1.54, 1.807) is 6.07 Å². The Labute approximate surface area is 121 Å². The second kappa shape index (κ2) is 6.68. The summed E-state index contributed by atoms with van der Waals surface area (Å²) in [6.45, 7) is 1.45. The summed E-state index contributed by atoms with van der Waals surface area (Å²) in [4.78, 5) is 0. The molecule has 1 N–H and O–H groups in total. The summed E-state index contributed by atoms with van der Waals surface area (Å²) in [6, 6.07) is 3.88. The Morgan fingerprint density at radius 1 is 1.35 bits per heavy atom. The van der Waals surface area contributed by atoms with Crippen LogP contribution in [0.5, 0.6) is 0 Å². The maximum Gasteiger partial charge on any atom is 0.417 e. The Hall–Kier alpha value is -0.940. The van der Waals surface area contributed by atoms with Gasteiger partial charge in [0.05, 0.1) is 16.7 Å². The van der Waals surface area contributed by atoms with E-state index in [2.05, 4.69) is 5.32 Å². The predicted molar refractivity (Wildman–Crippen MR) is 73.2 cm³/mol. The predicted octanol–water partition coefficient (Wildman–Crippen LogP) is 4.73. The summed E-state index contributed by atoms with van der Waals surface area (Å²) in [5.41, 5.74) is -0.364. The van der Waals surface area contributed by atoms with Crippen molar-refractivity contribution in [2.45, 2.75) is 38.0 Å². The normalized spacial score (nSPS) is 19.3. The zero-order valence-corrected chi connectivity index (χ0v) is 11.7. The van der Waals surface area contributed by atoms with Gasteiger partial charge in [-0.15, -0.1) is 0 Å². The van der Waals surface area contributed by atoms with Gasteiger partial charge in [-0.1, -0.05) is 11.6 Å². The highest BCUT2D eigenvalue weighted by Crippen LogP contribution is 2.36. The quantitative estimate of drug-likeness (QED) is 0.794. The molecule has 2 rings (SSSR count). The summed E-state index contributed by atoms with van der Waals surface area (Å²) in [7, 11) is 0. The van der Waals surface area contributed by atoms with Crippen molar-refractivity contribution >= 4 is 17.3 Å². The van der Waals surface area contributed by atoms with Crippen molar-refractivity contribution in [2.24, 2.45) is 0 Å². The standard InChI is InChI=1S/C14H17ClF3NO/c15-13-6-5-10(9-12(13)14(16,17)18)19-7-1-3-11-4-2-8-20-11/h5-6,9,11,19H,1-4,7-8H2. The summed E-state index contributed by atoms with van der Waals surface area (Å²) >= 11 is 5.56. The average molecular weight is 308 g/mol. The van der Waals surface area contributed by atoms with E-state index in [0.717, 1.165) is 38.4 Å². The Kier molecular flexibility index (Phi) is 5.16. The van der Waals surface area contributed by atoms with Crippen LogP contribution in [-0.2, 0) is 10.9 Å². The van der Waals surface area contributed by atoms with Crippen molar-refractivity contribution in [1.82, 2.24) is 0 Å². The second-order valence-corrected chi connectivity index (χ2v) is 5.30. The van der Waals surface area contributed by atoms with Crippen LogP contribution >= 0.6 is 11.6 Å². The number of hydrogen-bond donors (Lipinski definition) is 1. The minimum atomic E-state index is -4.42. The minimum Gasteiger partial charge on any atom is -0.385 e. The van der Waals surface area contributed by atoms with Gasteiger partial charge in [0, 0.05) is 18.8 Å². The van der Waals surface area contributed by atoms with Crippen LogP contribution in [0.4, 0.5) is 18.9 Å². The lowest BCUT2D eigenvalue weighted by molar-refractivity contribution is -0.137. The first-order valence-electron chi connectivity index (χ1n) is 6.69. The number of nitrogens with one attached hydrogen (secondary N) is 1. The fourth-order valence-electron chi connectivity index (χ4n) is 2.29. The van der Waals surface area contributed by atoms with Crippen LogP contribution in [0.15, 0.2) is 18.2 Å². The van der Waals surface area contributed by atoms with Crippen LogP contribution < -0.4 is 5.32 Å². The molecule has 0 spiro atoms. The van der Waals surface area contributed by atoms with E-state index in [9.17, 15) is 13.2 Å². The zero-order chi connectivity index (χ0) is 14.6. The van der Waals surface area contributed by atoms with Gasteiger partial charge in [0.2, 0.25) is 0 Å². The summed E-state index contributed by atoms with van der Waals surface area (Å²) in [5, 5.41) is 2.72. The number of ether oxygens (including phenoxy) is 1. The van der Waals surface area contributed by atoms with Gasteiger partial charge in [-0.25, -0.2) is 0 Å². The first-order valence-corrected chi connectivity index (χ1v) is 7.07. The van der Waals surface area contributed by atoms with Gasteiger partial charge >= 0.3 is 6.18 Å². The smallest absolute Gasteiger partial charge is 0.385 e. The van der Waals surface area contributed by atoms with Crippen molar-refractivity contribution in [3.8, 4) is 0 Å². The maximum absolute atomic E-state index is 12.7. The van der Waals surface area contributed by atoms with Gasteiger partial charge in [0.1, 0.15) is 0 Å². The third-order valence-electron chi connectivity index (χ3n) is 3.33. The fraction of sp³-hybridized carbons (Fsp3) is 0.571. The zero-order valence-electron chi connectivity index (χ0n) is 11.0. The lowest BCUT2D eigenvalue weighted by Gasteiger charge is -2.13. The Bertz CT molecular complexity index is 445. The Morgan fingerprint density at radius 3 is 2.80 bits per heavy atom. The second-order valence-electron chi connectivity index (χ2n) is 4.90. The first kappa shape index (κ1) is 15.4. The molecule has 1 atom stereocenters. The molecular weight excluding hydrogens is 291 g/mol. The fourth-order valence-corrected chi connectivity index (χ4v) is 2.51. The van der Waals surface area contributed by atoms with Gasteiger partial charge in [-0.3, -0.25) is 0 Å². The molecule has 1 aromatic carbocycles. The van der Waals surface area contributed by atoms with Crippen molar-refractivity contribution in [1.29, 1.82) is 0 Å². The minimum absolute atomic E-state index is 0.276. The third kappa shape index (κ3) is 4.28. The van der Waals surface area contributed by atoms with E-state index < -0.39 is 11.7 Å². The van der Waals surface area contributed by atoms with Crippen LogP contribution in [0.25, 0.3) is 0 Å². The van der Waals surface area contributed by atoms with E-state index in [1.165, 1.54) is 6.07 Å². The van der Waals surface area contributed by atoms with Crippen molar-refractivity contribution < 1.29 is 17.9 Å². The van der Waals surface area contributed by atoms with Gasteiger partial charge < -0.3 is 10.1 Å². The van der Waals surface area contributed by atoms with Crippen molar-refractivity contribution in [3.63, 3.8) is 0 Å². The first-order chi connectivity index (χ1) is 9.47. The molecule has 1 fully saturated rings. The van der Waals surface area contributed by atoms with Crippen molar-refractivity contribution in [2.75, 3.05) is 18.5 Å². The van der Waals surface area contributed by atoms with E-state index in [4.69, 9.17) is 16.3 Å². The van der Waals surface area contributed by atoms with Gasteiger partial charge in [-0.2, -0.15) is 13.2 Å². The van der Waals surface area contributed by atoms with E-state index in [0.29, 0.717) is 18.3 Å². The van der Waals surface area contributed by atoms with Crippen LogP contribution in [0.1, 0.15) is 31.2 Å². The molecule has 1 aliphatic heterocycles. The number of benzene rings is 1. The molecule has 0 aliphatic carbocycles. The number of rotatable bonds is 5. The SMILES string of the molecule is FC(F)(F)c1cc(NCCCC2CCCO2)ccc1Cl. The van der Waals surface area contributed by atoms with Crippen molar-refractivity contribution in [3.05, 3.63) is 28.8 Å². The summed E-state index contributed by atoms with van der Waals surface area (Å²) in [6.07, 6.45) is -0.121. The number of anilines is 1. The molecule has 1 saturated heterocycles. The molecule has 20 heavy (non-hydrogen) atoms. The van der Waals surface area contributed by atoms with Gasteiger partial charge in [0.15, 0.2) is 0 Å². The van der Waals surface area contributed by atoms with Gasteiger partial charge in [-0.05, 0) is 43.9 Å². The molecule has 0 bridgehead atoms. The van der Waals surface area contributed by atoms with E-state index >= 15 is 0 Å². The molecule has 1 unspecified atom stereocenters. The highest BCUT2D eigenvalue weighted by molar-refractivity contribution is 6.31. The van der Waals surface area contributed by atoms with Crippen LogP contribution in [0.3, 0.4) is 0 Å². The lowest BCUT2D eigenvalue weighted by atomic mass is 10.1. The summed E-state index contributed by atoms with van der Waals surface area (Å²) < 4.78 is 43.6. The average Bonchev–Trinajstić information content (AvgIpc) is 2.88. The van der Waals surface area contributed by atoms with Crippen LogP contribution in [0.2, 0.25) is 5.02 Å². The Balaban J connectivity index is 1.83.